The molecule has 1 amide bonds. The molecule has 6 heteroatoms. The number of fused-ring (bicyclic) bond motifs is 1. The molecule has 0 radical (unpaired) electrons. The molecule has 0 fully saturated rings. The maximum Gasteiger partial charge on any atom is 0.356 e. The van der Waals surface area contributed by atoms with Crippen molar-refractivity contribution >= 4 is 11.9 Å². The minimum Gasteiger partial charge on any atom is -0.476 e. The third-order valence-electron chi connectivity index (χ3n) is 4.18. The molecule has 0 bridgehead atoms. The zero-order valence-electron chi connectivity index (χ0n) is 12.8. The SMILES string of the molecule is CCC1Cc2ccccc2CN1C(=O)c1cnc(C(=O)O)cn1. The Morgan fingerprint density at radius 1 is 1.17 bits per heavy atom. The number of benzene rings is 1. The Balaban J connectivity index is 1.87. The number of amides is 1. The van der Waals surface area contributed by atoms with E-state index in [-0.39, 0.29) is 23.3 Å². The first kappa shape index (κ1) is 15.1. The van der Waals surface area contributed by atoms with Gasteiger partial charge >= 0.3 is 5.97 Å². The van der Waals surface area contributed by atoms with Gasteiger partial charge in [-0.2, -0.15) is 0 Å². The number of rotatable bonds is 3. The number of hydrogen-bond acceptors (Lipinski definition) is 4. The predicted molar refractivity (Wildman–Crippen MR) is 83.1 cm³/mol. The highest BCUT2D eigenvalue weighted by Gasteiger charge is 2.29. The van der Waals surface area contributed by atoms with Gasteiger partial charge in [-0.1, -0.05) is 31.2 Å². The lowest BCUT2D eigenvalue weighted by Gasteiger charge is -2.36. The van der Waals surface area contributed by atoms with Crippen LogP contribution in [0.5, 0.6) is 0 Å². The van der Waals surface area contributed by atoms with Crippen molar-refractivity contribution in [3.05, 3.63) is 59.2 Å². The Morgan fingerprint density at radius 3 is 2.43 bits per heavy atom. The van der Waals surface area contributed by atoms with E-state index in [1.165, 1.54) is 11.8 Å². The summed E-state index contributed by atoms with van der Waals surface area (Å²) in [7, 11) is 0. The van der Waals surface area contributed by atoms with Gasteiger partial charge in [0.25, 0.3) is 5.91 Å². The van der Waals surface area contributed by atoms with Crippen LogP contribution < -0.4 is 0 Å². The van der Waals surface area contributed by atoms with Crippen molar-refractivity contribution < 1.29 is 14.7 Å². The Morgan fingerprint density at radius 2 is 1.83 bits per heavy atom. The van der Waals surface area contributed by atoms with Crippen molar-refractivity contribution in [2.75, 3.05) is 0 Å². The molecule has 0 aliphatic carbocycles. The molecule has 23 heavy (non-hydrogen) atoms. The summed E-state index contributed by atoms with van der Waals surface area (Å²) in [5.41, 5.74) is 2.42. The standard InChI is InChI=1S/C17H17N3O3/c1-2-13-7-11-5-3-4-6-12(11)10-20(13)16(21)14-8-19-15(9-18-14)17(22)23/h3-6,8-9,13H,2,7,10H2,1H3,(H,22,23). The van der Waals surface area contributed by atoms with Crippen LogP contribution in [0.4, 0.5) is 0 Å². The summed E-state index contributed by atoms with van der Waals surface area (Å²) < 4.78 is 0. The summed E-state index contributed by atoms with van der Waals surface area (Å²) >= 11 is 0. The minimum absolute atomic E-state index is 0.110. The molecule has 1 unspecified atom stereocenters. The smallest absolute Gasteiger partial charge is 0.356 e. The lowest BCUT2D eigenvalue weighted by atomic mass is 9.92. The highest BCUT2D eigenvalue weighted by atomic mass is 16.4. The molecule has 2 aromatic rings. The molecule has 1 N–H and O–H groups in total. The first-order chi connectivity index (χ1) is 11.1. The maximum absolute atomic E-state index is 12.7. The average molecular weight is 311 g/mol. The van der Waals surface area contributed by atoms with Crippen molar-refractivity contribution in [1.29, 1.82) is 0 Å². The summed E-state index contributed by atoms with van der Waals surface area (Å²) in [4.78, 5) is 33.1. The van der Waals surface area contributed by atoms with Crippen LogP contribution in [0.3, 0.4) is 0 Å². The molecule has 1 aliphatic heterocycles. The Labute approximate surface area is 133 Å². The van der Waals surface area contributed by atoms with Crippen molar-refractivity contribution in [3.63, 3.8) is 0 Å². The second-order valence-electron chi connectivity index (χ2n) is 5.56. The van der Waals surface area contributed by atoms with Crippen molar-refractivity contribution in [2.24, 2.45) is 0 Å². The van der Waals surface area contributed by atoms with Gasteiger partial charge < -0.3 is 10.0 Å². The van der Waals surface area contributed by atoms with Gasteiger partial charge in [0, 0.05) is 12.6 Å². The summed E-state index contributed by atoms with van der Waals surface area (Å²) in [6.45, 7) is 2.59. The lowest BCUT2D eigenvalue weighted by Crippen LogP contribution is -2.44. The summed E-state index contributed by atoms with van der Waals surface area (Å²) in [5.74, 6) is -1.37. The van der Waals surface area contributed by atoms with E-state index < -0.39 is 5.97 Å². The Hall–Kier alpha value is -2.76. The number of carbonyl (C=O) groups excluding carboxylic acids is 1. The molecule has 0 saturated carbocycles. The van der Waals surface area contributed by atoms with Gasteiger partial charge in [-0.15, -0.1) is 0 Å². The van der Waals surface area contributed by atoms with E-state index >= 15 is 0 Å². The highest BCUT2D eigenvalue weighted by Crippen LogP contribution is 2.26. The van der Waals surface area contributed by atoms with Gasteiger partial charge in [-0.05, 0) is 24.0 Å². The van der Waals surface area contributed by atoms with E-state index in [1.54, 1.807) is 4.90 Å². The van der Waals surface area contributed by atoms with E-state index in [9.17, 15) is 9.59 Å². The summed E-state index contributed by atoms with van der Waals surface area (Å²) in [6, 6.07) is 8.22. The number of hydrogen-bond donors (Lipinski definition) is 1. The number of carboxylic acid groups (broad SMARTS) is 1. The van der Waals surface area contributed by atoms with Crippen LogP contribution in [0.25, 0.3) is 0 Å². The number of aromatic nitrogens is 2. The van der Waals surface area contributed by atoms with E-state index in [2.05, 4.69) is 23.0 Å². The number of nitrogens with zero attached hydrogens (tertiary/aromatic N) is 3. The molecule has 2 heterocycles. The molecule has 0 saturated heterocycles. The Kier molecular flexibility index (Phi) is 4.06. The fourth-order valence-corrected chi connectivity index (χ4v) is 2.89. The fraction of sp³-hybridized carbons (Fsp3) is 0.294. The molecule has 0 spiro atoms. The lowest BCUT2D eigenvalue weighted by molar-refractivity contribution is 0.0623. The van der Waals surface area contributed by atoms with Crippen LogP contribution in [0.15, 0.2) is 36.7 Å². The average Bonchev–Trinajstić information content (AvgIpc) is 2.60. The van der Waals surface area contributed by atoms with Gasteiger partial charge in [0.05, 0.1) is 12.4 Å². The van der Waals surface area contributed by atoms with Gasteiger partial charge in [0.15, 0.2) is 5.69 Å². The quantitative estimate of drug-likeness (QED) is 0.939. The van der Waals surface area contributed by atoms with E-state index in [4.69, 9.17) is 5.11 Å². The fourth-order valence-electron chi connectivity index (χ4n) is 2.89. The summed E-state index contributed by atoms with van der Waals surface area (Å²) in [5, 5.41) is 8.85. The second kappa shape index (κ2) is 6.16. The largest absolute Gasteiger partial charge is 0.476 e. The van der Waals surface area contributed by atoms with E-state index in [1.807, 2.05) is 18.2 Å². The predicted octanol–water partition coefficient (Wildman–Crippen LogP) is 2.15. The van der Waals surface area contributed by atoms with Gasteiger partial charge in [0.2, 0.25) is 0 Å². The number of carboxylic acids is 1. The Bertz CT molecular complexity index is 743. The first-order valence-electron chi connectivity index (χ1n) is 7.53. The van der Waals surface area contributed by atoms with Crippen LogP contribution in [-0.4, -0.2) is 37.9 Å². The van der Waals surface area contributed by atoms with Gasteiger partial charge in [-0.25, -0.2) is 14.8 Å². The molecule has 1 aliphatic rings. The van der Waals surface area contributed by atoms with Crippen LogP contribution in [0.1, 0.15) is 45.4 Å². The molecule has 3 rings (SSSR count). The van der Waals surface area contributed by atoms with Crippen LogP contribution in [0.2, 0.25) is 0 Å². The number of carbonyl (C=O) groups is 2. The highest BCUT2D eigenvalue weighted by molar-refractivity contribution is 5.93. The topological polar surface area (TPSA) is 83.4 Å². The monoisotopic (exact) mass is 311 g/mol. The zero-order valence-corrected chi connectivity index (χ0v) is 12.8. The normalized spacial score (nSPS) is 16.7. The van der Waals surface area contributed by atoms with E-state index in [0.717, 1.165) is 24.6 Å². The molecule has 118 valence electrons. The molecule has 1 aromatic carbocycles. The second-order valence-corrected chi connectivity index (χ2v) is 5.56. The molecule has 1 atom stereocenters. The molecular formula is C17H17N3O3. The molecule has 6 nitrogen and oxygen atoms in total. The van der Waals surface area contributed by atoms with Crippen molar-refractivity contribution in [1.82, 2.24) is 14.9 Å². The van der Waals surface area contributed by atoms with E-state index in [0.29, 0.717) is 6.54 Å². The van der Waals surface area contributed by atoms with Crippen LogP contribution in [0, 0.1) is 0 Å². The number of aromatic carboxylic acids is 1. The molecule has 1 aromatic heterocycles. The zero-order chi connectivity index (χ0) is 16.4. The van der Waals surface area contributed by atoms with Gasteiger partial charge in [0.1, 0.15) is 5.69 Å². The first-order valence-corrected chi connectivity index (χ1v) is 7.53. The molecular weight excluding hydrogens is 294 g/mol. The summed E-state index contributed by atoms with van der Waals surface area (Å²) in [6.07, 6.45) is 4.02. The van der Waals surface area contributed by atoms with Crippen LogP contribution >= 0.6 is 0 Å². The third kappa shape index (κ3) is 2.92. The minimum atomic E-state index is -1.16. The maximum atomic E-state index is 12.7. The van der Waals surface area contributed by atoms with Crippen molar-refractivity contribution in [3.8, 4) is 0 Å². The van der Waals surface area contributed by atoms with Crippen LogP contribution in [-0.2, 0) is 13.0 Å². The van der Waals surface area contributed by atoms with Crippen molar-refractivity contribution in [2.45, 2.75) is 32.4 Å². The third-order valence-corrected chi connectivity index (χ3v) is 4.18. The van der Waals surface area contributed by atoms with Gasteiger partial charge in [-0.3, -0.25) is 4.79 Å².